The highest BCUT2D eigenvalue weighted by molar-refractivity contribution is 6.21. The van der Waals surface area contributed by atoms with Gasteiger partial charge in [0.25, 0.3) is 0 Å². The molecule has 0 saturated heterocycles. The quantitative estimate of drug-likeness (QED) is 0.247. The zero-order valence-corrected chi connectivity index (χ0v) is 19.6. The average Bonchev–Trinajstić information content (AvgIpc) is 2.96. The van der Waals surface area contributed by atoms with E-state index < -0.39 is 0 Å². The minimum absolute atomic E-state index is 0.750. The first-order valence-electron chi connectivity index (χ1n) is 12.2. The predicted molar refractivity (Wildman–Crippen MR) is 151 cm³/mol. The number of hydrogen-bond acceptors (Lipinski definition) is 2. The van der Waals surface area contributed by atoms with E-state index in [2.05, 4.69) is 121 Å². The standard InChI is InChI=1S/C34H22N2/c1-3-13-23(14-4-1)31-25-17-7-9-19-27(25)32(28-20-10-8-18-26(28)31)34-35-30-22-12-11-21-29(30)33(36-34)24-15-5-2-6-16-24/h1-22H. The monoisotopic (exact) mass is 458 g/mol. The lowest BCUT2D eigenvalue weighted by Crippen LogP contribution is -1.98. The van der Waals surface area contributed by atoms with Gasteiger partial charge in [0.15, 0.2) is 5.82 Å². The predicted octanol–water partition coefficient (Wildman–Crippen LogP) is 8.94. The number of aromatic nitrogens is 2. The van der Waals surface area contributed by atoms with Crippen LogP contribution in [0.1, 0.15) is 0 Å². The van der Waals surface area contributed by atoms with E-state index in [1.807, 2.05) is 12.1 Å². The third-order valence-electron chi connectivity index (χ3n) is 6.87. The van der Waals surface area contributed by atoms with Crippen LogP contribution in [0.5, 0.6) is 0 Å². The molecule has 0 amide bonds. The molecule has 168 valence electrons. The molecule has 0 atom stereocenters. The lowest BCUT2D eigenvalue weighted by Gasteiger charge is -2.17. The lowest BCUT2D eigenvalue weighted by atomic mass is 9.88. The summed E-state index contributed by atoms with van der Waals surface area (Å²) in [6.07, 6.45) is 0. The molecule has 0 fully saturated rings. The number of rotatable bonds is 3. The van der Waals surface area contributed by atoms with Crippen molar-refractivity contribution >= 4 is 32.4 Å². The number of benzene rings is 6. The normalized spacial score (nSPS) is 11.3. The maximum atomic E-state index is 5.23. The number of nitrogens with zero attached hydrogens (tertiary/aromatic N) is 2. The van der Waals surface area contributed by atoms with Gasteiger partial charge in [-0.25, -0.2) is 9.97 Å². The minimum atomic E-state index is 0.750. The zero-order chi connectivity index (χ0) is 23.9. The highest BCUT2D eigenvalue weighted by Gasteiger charge is 2.19. The van der Waals surface area contributed by atoms with Crippen molar-refractivity contribution in [2.45, 2.75) is 0 Å². The molecule has 7 rings (SSSR count). The second-order valence-corrected chi connectivity index (χ2v) is 8.99. The summed E-state index contributed by atoms with van der Waals surface area (Å²) in [5.41, 5.74) is 6.52. The summed E-state index contributed by atoms with van der Waals surface area (Å²) in [5.74, 6) is 0.750. The molecule has 0 saturated carbocycles. The van der Waals surface area contributed by atoms with Crippen LogP contribution in [0.25, 0.3) is 66.2 Å². The highest BCUT2D eigenvalue weighted by atomic mass is 14.9. The number of fused-ring (bicyclic) bond motifs is 3. The van der Waals surface area contributed by atoms with Crippen molar-refractivity contribution in [2.75, 3.05) is 0 Å². The van der Waals surface area contributed by atoms with Gasteiger partial charge in [-0.2, -0.15) is 0 Å². The summed E-state index contributed by atoms with van der Waals surface area (Å²) in [5, 5.41) is 5.78. The van der Waals surface area contributed by atoms with Gasteiger partial charge in [0.1, 0.15) is 0 Å². The Balaban J connectivity index is 1.63. The number of para-hydroxylation sites is 1. The summed E-state index contributed by atoms with van der Waals surface area (Å²) in [4.78, 5) is 10.4. The summed E-state index contributed by atoms with van der Waals surface area (Å²) in [7, 11) is 0. The van der Waals surface area contributed by atoms with Crippen molar-refractivity contribution in [3.8, 4) is 33.8 Å². The summed E-state index contributed by atoms with van der Waals surface area (Å²) in [6, 6.07) is 46.6. The van der Waals surface area contributed by atoms with Gasteiger partial charge in [-0.05, 0) is 38.7 Å². The molecule has 2 nitrogen and oxygen atoms in total. The molecule has 7 aromatic rings. The topological polar surface area (TPSA) is 25.8 Å². The Kier molecular flexibility index (Phi) is 4.82. The van der Waals surface area contributed by atoms with Gasteiger partial charge in [-0.3, -0.25) is 0 Å². The van der Waals surface area contributed by atoms with E-state index in [4.69, 9.17) is 9.97 Å². The van der Waals surface area contributed by atoms with Crippen LogP contribution in [0.3, 0.4) is 0 Å². The van der Waals surface area contributed by atoms with Gasteiger partial charge in [-0.1, -0.05) is 127 Å². The number of hydrogen-bond donors (Lipinski definition) is 0. The summed E-state index contributed by atoms with van der Waals surface area (Å²) in [6.45, 7) is 0. The van der Waals surface area contributed by atoms with Crippen LogP contribution < -0.4 is 0 Å². The Morgan fingerprint density at radius 1 is 0.333 bits per heavy atom. The van der Waals surface area contributed by atoms with Crippen molar-refractivity contribution in [3.63, 3.8) is 0 Å². The van der Waals surface area contributed by atoms with Crippen molar-refractivity contribution < 1.29 is 0 Å². The smallest absolute Gasteiger partial charge is 0.161 e. The average molecular weight is 459 g/mol. The van der Waals surface area contributed by atoms with Crippen LogP contribution >= 0.6 is 0 Å². The van der Waals surface area contributed by atoms with Gasteiger partial charge in [0.05, 0.1) is 11.2 Å². The molecule has 1 heterocycles. The SMILES string of the molecule is c1ccc(-c2nc(-c3c4ccccc4c(-c4ccccc4)c4ccccc34)nc3ccccc23)cc1. The Labute approximate surface area is 209 Å². The van der Waals surface area contributed by atoms with Crippen LogP contribution in [0.2, 0.25) is 0 Å². The molecular weight excluding hydrogens is 436 g/mol. The van der Waals surface area contributed by atoms with E-state index in [-0.39, 0.29) is 0 Å². The van der Waals surface area contributed by atoms with E-state index in [1.54, 1.807) is 0 Å². The van der Waals surface area contributed by atoms with Gasteiger partial charge >= 0.3 is 0 Å². The van der Waals surface area contributed by atoms with E-state index in [0.29, 0.717) is 0 Å². The second kappa shape index (κ2) is 8.44. The molecule has 1 aromatic heterocycles. The molecule has 0 N–H and O–H groups in total. The molecule has 0 radical (unpaired) electrons. The van der Waals surface area contributed by atoms with E-state index in [9.17, 15) is 0 Å². The maximum absolute atomic E-state index is 5.23. The third kappa shape index (κ3) is 3.27. The van der Waals surface area contributed by atoms with Crippen LogP contribution in [-0.2, 0) is 0 Å². The Bertz CT molecular complexity index is 1820. The molecule has 0 bridgehead atoms. The van der Waals surface area contributed by atoms with Crippen LogP contribution in [0.15, 0.2) is 133 Å². The molecule has 0 unspecified atom stereocenters. The first-order chi connectivity index (χ1) is 17.9. The molecule has 2 heteroatoms. The van der Waals surface area contributed by atoms with Crippen molar-refractivity contribution in [2.24, 2.45) is 0 Å². The van der Waals surface area contributed by atoms with Crippen molar-refractivity contribution in [1.82, 2.24) is 9.97 Å². The molecule has 0 spiro atoms. The fourth-order valence-corrected chi connectivity index (χ4v) is 5.29. The molecule has 0 aliphatic carbocycles. The van der Waals surface area contributed by atoms with Gasteiger partial charge in [0, 0.05) is 16.5 Å². The molecule has 0 aliphatic heterocycles. The van der Waals surface area contributed by atoms with Gasteiger partial charge in [-0.15, -0.1) is 0 Å². The largest absolute Gasteiger partial charge is 0.228 e. The Morgan fingerprint density at radius 3 is 1.36 bits per heavy atom. The lowest BCUT2D eigenvalue weighted by molar-refractivity contribution is 1.24. The van der Waals surface area contributed by atoms with E-state index in [0.717, 1.165) is 44.3 Å². The van der Waals surface area contributed by atoms with E-state index >= 15 is 0 Å². The van der Waals surface area contributed by atoms with Gasteiger partial charge < -0.3 is 0 Å². The summed E-state index contributed by atoms with van der Waals surface area (Å²) >= 11 is 0. The first kappa shape index (κ1) is 20.5. The third-order valence-corrected chi connectivity index (χ3v) is 6.87. The van der Waals surface area contributed by atoms with Crippen molar-refractivity contribution in [3.05, 3.63) is 133 Å². The minimum Gasteiger partial charge on any atom is -0.228 e. The highest BCUT2D eigenvalue weighted by Crippen LogP contribution is 2.43. The molecule has 36 heavy (non-hydrogen) atoms. The molecular formula is C34H22N2. The first-order valence-corrected chi connectivity index (χ1v) is 12.2. The van der Waals surface area contributed by atoms with Crippen molar-refractivity contribution in [1.29, 1.82) is 0 Å². The molecule has 6 aromatic carbocycles. The molecule has 0 aliphatic rings. The second-order valence-electron chi connectivity index (χ2n) is 8.99. The summed E-state index contributed by atoms with van der Waals surface area (Å²) < 4.78 is 0. The Morgan fingerprint density at radius 2 is 0.778 bits per heavy atom. The zero-order valence-electron chi connectivity index (χ0n) is 19.6. The fraction of sp³-hybridized carbons (Fsp3) is 0. The van der Waals surface area contributed by atoms with Gasteiger partial charge in [0.2, 0.25) is 0 Å². The van der Waals surface area contributed by atoms with E-state index in [1.165, 1.54) is 21.9 Å². The van der Waals surface area contributed by atoms with Crippen LogP contribution in [0.4, 0.5) is 0 Å². The maximum Gasteiger partial charge on any atom is 0.161 e. The van der Waals surface area contributed by atoms with Crippen LogP contribution in [0, 0.1) is 0 Å². The fourth-order valence-electron chi connectivity index (χ4n) is 5.29. The van der Waals surface area contributed by atoms with Crippen LogP contribution in [-0.4, -0.2) is 9.97 Å². The Hall–Kier alpha value is -4.82.